The molecule has 0 saturated heterocycles. The lowest BCUT2D eigenvalue weighted by molar-refractivity contribution is 0.0971. The highest BCUT2D eigenvalue weighted by Gasteiger charge is 2.13. The van der Waals surface area contributed by atoms with Crippen molar-refractivity contribution < 1.29 is 9.90 Å². The second-order valence-electron chi connectivity index (χ2n) is 6.18. The third-order valence-corrected chi connectivity index (χ3v) is 4.32. The van der Waals surface area contributed by atoms with Crippen molar-refractivity contribution >= 4 is 16.8 Å². The summed E-state index contributed by atoms with van der Waals surface area (Å²) in [5, 5.41) is 9.01. The number of benzene rings is 2. The van der Waals surface area contributed by atoms with Gasteiger partial charge in [0.25, 0.3) is 0 Å². The molecule has 1 heterocycles. The van der Waals surface area contributed by atoms with Crippen molar-refractivity contribution in [2.24, 2.45) is 12.0 Å². The van der Waals surface area contributed by atoms with E-state index in [1.807, 2.05) is 71.6 Å². The predicted molar refractivity (Wildman–Crippen MR) is 98.6 cm³/mol. The Morgan fingerprint density at radius 3 is 2.44 bits per heavy atom. The molecule has 3 aromatic rings. The van der Waals surface area contributed by atoms with Crippen molar-refractivity contribution in [3.63, 3.8) is 0 Å². The van der Waals surface area contributed by atoms with Gasteiger partial charge in [0.1, 0.15) is 0 Å². The molecule has 0 radical (unpaired) electrons. The molecule has 0 aliphatic rings. The lowest BCUT2D eigenvalue weighted by Gasteiger charge is -2.05. The van der Waals surface area contributed by atoms with Crippen LogP contribution in [0, 0.1) is 6.92 Å². The number of aliphatic hydroxyl groups excluding tert-OH is 1. The number of aryl methyl sites for hydroxylation is 2. The molecule has 0 fully saturated rings. The summed E-state index contributed by atoms with van der Waals surface area (Å²) in [6.45, 7) is 2.88. The van der Waals surface area contributed by atoms with E-state index < -0.39 is 0 Å². The maximum Gasteiger partial charge on any atom is 0.206 e. The number of aliphatic hydroxyl groups is 1. The average molecular weight is 337 g/mol. The smallest absolute Gasteiger partial charge is 0.206 e. The maximum atomic E-state index is 12.7. The molecule has 1 N–H and O–H groups in total. The third-order valence-electron chi connectivity index (χ3n) is 4.32. The number of para-hydroxylation sites is 2. The standard InChI is InChI=1S/C20H23N3O2/c1-15-8-10-16(11-9-15)19(25)14-23-18-7-4-3-6-17(18)22(2)20(23)21-12-5-13-24/h3-4,6-11,24H,5,12-14H2,1-2H3/b21-20-. The van der Waals surface area contributed by atoms with Crippen LogP contribution in [-0.4, -0.2) is 33.2 Å². The van der Waals surface area contributed by atoms with Crippen LogP contribution >= 0.6 is 0 Å². The Balaban J connectivity index is 2.04. The fourth-order valence-corrected chi connectivity index (χ4v) is 2.94. The SMILES string of the molecule is Cc1ccc(C(=O)Cn2/c(=N\CCCO)n(C)c3ccccc32)cc1. The highest BCUT2D eigenvalue weighted by atomic mass is 16.3. The number of Topliss-reactive ketones (excluding diaryl/α,β-unsaturated/α-hetero) is 1. The maximum absolute atomic E-state index is 12.7. The molecule has 5 nitrogen and oxygen atoms in total. The van der Waals surface area contributed by atoms with Crippen LogP contribution in [0.3, 0.4) is 0 Å². The highest BCUT2D eigenvalue weighted by Crippen LogP contribution is 2.13. The van der Waals surface area contributed by atoms with Gasteiger partial charge in [-0.1, -0.05) is 42.0 Å². The van der Waals surface area contributed by atoms with Gasteiger partial charge < -0.3 is 14.2 Å². The molecule has 0 saturated carbocycles. The number of fused-ring (bicyclic) bond motifs is 1. The molecule has 0 aliphatic heterocycles. The fraction of sp³-hybridized carbons (Fsp3) is 0.300. The number of hydrogen-bond donors (Lipinski definition) is 1. The van der Waals surface area contributed by atoms with E-state index in [0.29, 0.717) is 18.5 Å². The van der Waals surface area contributed by atoms with Gasteiger partial charge in [-0.25, -0.2) is 0 Å². The molecule has 1 aromatic heterocycles. The van der Waals surface area contributed by atoms with Crippen LogP contribution in [0.1, 0.15) is 22.3 Å². The van der Waals surface area contributed by atoms with Gasteiger partial charge in [0.05, 0.1) is 17.6 Å². The zero-order valence-corrected chi connectivity index (χ0v) is 14.6. The minimum atomic E-state index is 0.0555. The zero-order valence-electron chi connectivity index (χ0n) is 14.6. The van der Waals surface area contributed by atoms with E-state index in [1.165, 1.54) is 0 Å². The van der Waals surface area contributed by atoms with Crippen molar-refractivity contribution in [1.29, 1.82) is 0 Å². The van der Waals surface area contributed by atoms with E-state index in [2.05, 4.69) is 4.99 Å². The zero-order chi connectivity index (χ0) is 17.8. The van der Waals surface area contributed by atoms with E-state index in [-0.39, 0.29) is 18.9 Å². The molecule has 5 heteroatoms. The summed E-state index contributed by atoms with van der Waals surface area (Å²) >= 11 is 0. The second kappa shape index (κ2) is 7.49. The monoisotopic (exact) mass is 337 g/mol. The molecule has 2 aromatic carbocycles. The van der Waals surface area contributed by atoms with Crippen LogP contribution in [-0.2, 0) is 13.6 Å². The highest BCUT2D eigenvalue weighted by molar-refractivity contribution is 5.96. The van der Waals surface area contributed by atoms with Crippen LogP contribution in [0.2, 0.25) is 0 Å². The van der Waals surface area contributed by atoms with Gasteiger partial charge in [-0.3, -0.25) is 9.79 Å². The molecule has 130 valence electrons. The molecule has 0 spiro atoms. The number of carbonyl (C=O) groups excluding carboxylic acids is 1. The predicted octanol–water partition coefficient (Wildman–Crippen LogP) is 2.45. The molecule has 25 heavy (non-hydrogen) atoms. The van der Waals surface area contributed by atoms with Crippen LogP contribution in [0.25, 0.3) is 11.0 Å². The Morgan fingerprint density at radius 1 is 1.08 bits per heavy atom. The lowest BCUT2D eigenvalue weighted by atomic mass is 10.1. The van der Waals surface area contributed by atoms with Gasteiger partial charge >= 0.3 is 0 Å². The quantitative estimate of drug-likeness (QED) is 0.555. The number of aromatic nitrogens is 2. The van der Waals surface area contributed by atoms with Gasteiger partial charge in [-0.05, 0) is 25.5 Å². The summed E-state index contributed by atoms with van der Waals surface area (Å²) in [4.78, 5) is 17.4. The Kier molecular flexibility index (Phi) is 5.14. The van der Waals surface area contributed by atoms with Crippen molar-refractivity contribution in [1.82, 2.24) is 9.13 Å². The second-order valence-corrected chi connectivity index (χ2v) is 6.18. The van der Waals surface area contributed by atoms with Crippen LogP contribution < -0.4 is 5.62 Å². The van der Waals surface area contributed by atoms with E-state index >= 15 is 0 Å². The average Bonchev–Trinajstić information content (AvgIpc) is 2.88. The topological polar surface area (TPSA) is 59.5 Å². The first-order chi connectivity index (χ1) is 12.1. The number of imidazole rings is 1. The summed E-state index contributed by atoms with van der Waals surface area (Å²) in [5.74, 6) is 0.0555. The minimum absolute atomic E-state index is 0.0555. The van der Waals surface area contributed by atoms with E-state index in [0.717, 1.165) is 22.2 Å². The van der Waals surface area contributed by atoms with Crippen molar-refractivity contribution in [2.75, 3.05) is 13.2 Å². The van der Waals surface area contributed by atoms with E-state index in [1.54, 1.807) is 0 Å². The summed E-state index contributed by atoms with van der Waals surface area (Å²) < 4.78 is 3.95. The number of rotatable bonds is 6. The van der Waals surface area contributed by atoms with Crippen molar-refractivity contribution in [2.45, 2.75) is 19.9 Å². The third kappa shape index (κ3) is 3.56. The number of ketones is 1. The van der Waals surface area contributed by atoms with Gasteiger partial charge in [0.2, 0.25) is 5.62 Å². The largest absolute Gasteiger partial charge is 0.396 e. The van der Waals surface area contributed by atoms with Gasteiger partial charge in [0.15, 0.2) is 5.78 Å². The van der Waals surface area contributed by atoms with Crippen LogP contribution in [0.15, 0.2) is 53.5 Å². The normalized spacial score (nSPS) is 12.0. The van der Waals surface area contributed by atoms with Crippen LogP contribution in [0.5, 0.6) is 0 Å². The Hall–Kier alpha value is -2.66. The molecule has 0 amide bonds. The summed E-state index contributed by atoms with van der Waals surface area (Å²) in [6, 6.07) is 15.6. The van der Waals surface area contributed by atoms with Crippen molar-refractivity contribution in [3.8, 4) is 0 Å². The number of carbonyl (C=O) groups is 1. The number of hydrogen-bond acceptors (Lipinski definition) is 3. The first kappa shape index (κ1) is 17.2. The molecular weight excluding hydrogens is 314 g/mol. The Labute approximate surface area is 146 Å². The molecule has 3 rings (SSSR count). The van der Waals surface area contributed by atoms with Crippen molar-refractivity contribution in [3.05, 3.63) is 65.3 Å². The van der Waals surface area contributed by atoms with Crippen LogP contribution in [0.4, 0.5) is 0 Å². The van der Waals surface area contributed by atoms with Gasteiger partial charge in [-0.2, -0.15) is 0 Å². The minimum Gasteiger partial charge on any atom is -0.396 e. The van der Waals surface area contributed by atoms with E-state index in [4.69, 9.17) is 5.11 Å². The van der Waals surface area contributed by atoms with Gasteiger partial charge in [0, 0.05) is 25.8 Å². The summed E-state index contributed by atoms with van der Waals surface area (Å²) in [7, 11) is 1.95. The molecule has 0 bridgehead atoms. The number of nitrogens with zero attached hydrogens (tertiary/aromatic N) is 3. The fourth-order valence-electron chi connectivity index (χ4n) is 2.94. The Bertz CT molecular complexity index is 949. The summed E-state index contributed by atoms with van der Waals surface area (Å²) in [6.07, 6.45) is 0.605. The molecule has 0 atom stereocenters. The molecule has 0 aliphatic carbocycles. The molecule has 0 unspecified atom stereocenters. The summed E-state index contributed by atoms with van der Waals surface area (Å²) in [5.41, 5.74) is 4.59. The first-order valence-corrected chi connectivity index (χ1v) is 8.47. The molecular formula is C20H23N3O2. The lowest BCUT2D eigenvalue weighted by Crippen LogP contribution is -2.28. The van der Waals surface area contributed by atoms with E-state index in [9.17, 15) is 4.79 Å². The van der Waals surface area contributed by atoms with Gasteiger partial charge in [-0.15, -0.1) is 0 Å². The Morgan fingerprint density at radius 2 is 1.76 bits per heavy atom. The first-order valence-electron chi connectivity index (χ1n) is 8.47.